The molecule has 0 aromatic carbocycles. The molecule has 0 atom stereocenters. The molecule has 0 unspecified atom stereocenters. The number of nitrogens with two attached hydrogens (primary N) is 1. The van der Waals surface area contributed by atoms with E-state index in [1.807, 2.05) is 0 Å². The highest BCUT2D eigenvalue weighted by atomic mass is 35.5. The number of alkyl carbamates (subject to hydrolysis) is 1. The van der Waals surface area contributed by atoms with Gasteiger partial charge in [0.25, 0.3) is 5.91 Å². The SMILES string of the molecule is CC(C)(C)OC(=O)NCCCNC(=O)c1cc(Cl)ncc1N. The molecule has 0 bridgehead atoms. The Bertz CT molecular complexity index is 543. The highest BCUT2D eigenvalue weighted by Crippen LogP contribution is 2.14. The molecule has 8 heteroatoms. The van der Waals surface area contributed by atoms with E-state index >= 15 is 0 Å². The van der Waals surface area contributed by atoms with Gasteiger partial charge in [-0.3, -0.25) is 4.79 Å². The van der Waals surface area contributed by atoms with Gasteiger partial charge in [-0.2, -0.15) is 0 Å². The second-order valence-corrected chi connectivity index (χ2v) is 6.02. The monoisotopic (exact) mass is 328 g/mol. The third-order valence-corrected chi connectivity index (χ3v) is 2.66. The second-order valence-electron chi connectivity index (χ2n) is 5.63. The lowest BCUT2D eigenvalue weighted by atomic mass is 10.2. The number of hydrogen-bond acceptors (Lipinski definition) is 5. The number of anilines is 1. The number of halogens is 1. The quantitative estimate of drug-likeness (QED) is 0.566. The lowest BCUT2D eigenvalue weighted by molar-refractivity contribution is 0.0527. The third-order valence-electron chi connectivity index (χ3n) is 2.45. The van der Waals surface area contributed by atoms with Gasteiger partial charge < -0.3 is 21.1 Å². The van der Waals surface area contributed by atoms with Crippen LogP contribution >= 0.6 is 11.6 Å². The maximum absolute atomic E-state index is 11.9. The van der Waals surface area contributed by atoms with E-state index in [0.29, 0.717) is 19.5 Å². The van der Waals surface area contributed by atoms with Crippen molar-refractivity contribution in [1.29, 1.82) is 0 Å². The van der Waals surface area contributed by atoms with Crippen LogP contribution in [-0.2, 0) is 4.74 Å². The van der Waals surface area contributed by atoms with Gasteiger partial charge in [0, 0.05) is 13.1 Å². The van der Waals surface area contributed by atoms with Gasteiger partial charge in [0.1, 0.15) is 10.8 Å². The van der Waals surface area contributed by atoms with Crippen LogP contribution in [0, 0.1) is 0 Å². The number of nitrogens with zero attached hydrogens (tertiary/aromatic N) is 1. The lowest BCUT2D eigenvalue weighted by Gasteiger charge is -2.19. The summed E-state index contributed by atoms with van der Waals surface area (Å²) in [6.45, 7) is 6.14. The maximum atomic E-state index is 11.9. The number of nitrogen functional groups attached to an aromatic ring is 1. The van der Waals surface area contributed by atoms with E-state index in [1.165, 1.54) is 12.3 Å². The largest absolute Gasteiger partial charge is 0.444 e. The topological polar surface area (TPSA) is 106 Å². The van der Waals surface area contributed by atoms with E-state index in [9.17, 15) is 9.59 Å². The van der Waals surface area contributed by atoms with Gasteiger partial charge in [0.2, 0.25) is 0 Å². The molecular weight excluding hydrogens is 308 g/mol. The normalized spacial score (nSPS) is 10.9. The summed E-state index contributed by atoms with van der Waals surface area (Å²) in [5.41, 5.74) is 5.67. The molecule has 4 N–H and O–H groups in total. The number of rotatable bonds is 5. The zero-order chi connectivity index (χ0) is 16.8. The van der Waals surface area contributed by atoms with E-state index in [2.05, 4.69) is 15.6 Å². The lowest BCUT2D eigenvalue weighted by Crippen LogP contribution is -2.34. The average molecular weight is 329 g/mol. The average Bonchev–Trinajstić information content (AvgIpc) is 2.38. The summed E-state index contributed by atoms with van der Waals surface area (Å²) >= 11 is 5.72. The Hall–Kier alpha value is -2.02. The summed E-state index contributed by atoms with van der Waals surface area (Å²) < 4.78 is 5.09. The highest BCUT2D eigenvalue weighted by Gasteiger charge is 2.15. The minimum atomic E-state index is -0.531. The molecule has 1 heterocycles. The minimum absolute atomic E-state index is 0.200. The molecule has 2 amide bonds. The van der Waals surface area contributed by atoms with Crippen molar-refractivity contribution in [3.05, 3.63) is 23.0 Å². The smallest absolute Gasteiger partial charge is 0.407 e. The Morgan fingerprint density at radius 1 is 1.32 bits per heavy atom. The molecule has 0 spiro atoms. The van der Waals surface area contributed by atoms with Crippen LogP contribution in [0.4, 0.5) is 10.5 Å². The fourth-order valence-electron chi connectivity index (χ4n) is 1.53. The molecule has 0 saturated heterocycles. The molecule has 0 fully saturated rings. The van der Waals surface area contributed by atoms with Gasteiger partial charge in [-0.05, 0) is 33.3 Å². The number of carbonyl (C=O) groups excluding carboxylic acids is 2. The summed E-state index contributed by atoms with van der Waals surface area (Å²) in [6.07, 6.45) is 1.41. The molecule has 1 aromatic rings. The van der Waals surface area contributed by atoms with Gasteiger partial charge in [0.05, 0.1) is 17.4 Å². The zero-order valence-electron chi connectivity index (χ0n) is 12.9. The van der Waals surface area contributed by atoms with Crippen molar-refractivity contribution in [3.63, 3.8) is 0 Å². The predicted molar refractivity (Wildman–Crippen MR) is 84.8 cm³/mol. The molecule has 22 heavy (non-hydrogen) atoms. The Balaban J connectivity index is 2.29. The fourth-order valence-corrected chi connectivity index (χ4v) is 1.69. The predicted octanol–water partition coefficient (Wildman–Crippen LogP) is 1.96. The number of nitrogens with one attached hydrogen (secondary N) is 2. The third kappa shape index (κ3) is 6.62. The Morgan fingerprint density at radius 3 is 2.59 bits per heavy atom. The summed E-state index contributed by atoms with van der Waals surface area (Å²) in [4.78, 5) is 27.1. The molecule has 122 valence electrons. The zero-order valence-corrected chi connectivity index (χ0v) is 13.7. The van der Waals surface area contributed by atoms with Crippen LogP contribution in [0.5, 0.6) is 0 Å². The Morgan fingerprint density at radius 2 is 1.95 bits per heavy atom. The number of aromatic nitrogens is 1. The van der Waals surface area contributed by atoms with Gasteiger partial charge in [-0.1, -0.05) is 11.6 Å². The van der Waals surface area contributed by atoms with E-state index in [4.69, 9.17) is 22.1 Å². The van der Waals surface area contributed by atoms with Crippen molar-refractivity contribution in [1.82, 2.24) is 15.6 Å². The summed E-state index contributed by atoms with van der Waals surface area (Å²) in [7, 11) is 0. The summed E-state index contributed by atoms with van der Waals surface area (Å²) in [6, 6.07) is 1.41. The number of hydrogen-bond donors (Lipinski definition) is 3. The minimum Gasteiger partial charge on any atom is -0.444 e. The first kappa shape index (κ1) is 18.0. The summed E-state index contributed by atoms with van der Waals surface area (Å²) in [5.74, 6) is -0.334. The Kier molecular flexibility index (Phi) is 6.42. The number of carbonyl (C=O) groups is 2. The Labute approximate surface area is 134 Å². The highest BCUT2D eigenvalue weighted by molar-refractivity contribution is 6.29. The molecule has 7 nitrogen and oxygen atoms in total. The molecule has 0 radical (unpaired) electrons. The molecule has 0 saturated carbocycles. The van der Waals surface area contributed by atoms with E-state index < -0.39 is 11.7 Å². The van der Waals surface area contributed by atoms with Crippen LogP contribution in [0.1, 0.15) is 37.6 Å². The first-order valence-electron chi connectivity index (χ1n) is 6.85. The van der Waals surface area contributed by atoms with E-state index in [1.54, 1.807) is 20.8 Å². The number of pyridine rings is 1. The van der Waals surface area contributed by atoms with E-state index in [0.717, 1.165) is 0 Å². The maximum Gasteiger partial charge on any atom is 0.407 e. The molecule has 0 aliphatic rings. The second kappa shape index (κ2) is 7.84. The molecule has 1 aromatic heterocycles. The van der Waals surface area contributed by atoms with Crippen LogP contribution in [-0.4, -0.2) is 35.7 Å². The fraction of sp³-hybridized carbons (Fsp3) is 0.500. The van der Waals surface area contributed by atoms with Crippen molar-refractivity contribution in [2.45, 2.75) is 32.8 Å². The number of amides is 2. The standard InChI is InChI=1S/C14H21ClN4O3/c1-14(2,3)22-13(21)18-6-4-5-17-12(20)9-7-11(15)19-8-10(9)16/h7-8H,4-6,16H2,1-3H3,(H,17,20)(H,18,21). The van der Waals surface area contributed by atoms with E-state index in [-0.39, 0.29) is 22.3 Å². The molecule has 1 rings (SSSR count). The van der Waals surface area contributed by atoms with Crippen LogP contribution < -0.4 is 16.4 Å². The molecule has 0 aliphatic heterocycles. The van der Waals surface area contributed by atoms with Gasteiger partial charge in [-0.25, -0.2) is 9.78 Å². The van der Waals surface area contributed by atoms with Crippen LogP contribution in [0.15, 0.2) is 12.3 Å². The van der Waals surface area contributed by atoms with Crippen molar-refractivity contribution < 1.29 is 14.3 Å². The van der Waals surface area contributed by atoms with Crippen molar-refractivity contribution in [2.24, 2.45) is 0 Å². The van der Waals surface area contributed by atoms with Crippen LogP contribution in [0.2, 0.25) is 5.15 Å². The van der Waals surface area contributed by atoms with Gasteiger partial charge in [0.15, 0.2) is 0 Å². The van der Waals surface area contributed by atoms with Crippen LogP contribution in [0.25, 0.3) is 0 Å². The first-order valence-corrected chi connectivity index (χ1v) is 7.23. The molecule has 0 aliphatic carbocycles. The van der Waals surface area contributed by atoms with Crippen molar-refractivity contribution >= 4 is 29.3 Å². The van der Waals surface area contributed by atoms with Gasteiger partial charge in [-0.15, -0.1) is 0 Å². The van der Waals surface area contributed by atoms with Gasteiger partial charge >= 0.3 is 6.09 Å². The van der Waals surface area contributed by atoms with Crippen LogP contribution in [0.3, 0.4) is 0 Å². The first-order chi connectivity index (χ1) is 10.2. The number of ether oxygens (including phenoxy) is 1. The van der Waals surface area contributed by atoms with Crippen molar-refractivity contribution in [2.75, 3.05) is 18.8 Å². The molecular formula is C14H21ClN4O3. The summed E-state index contributed by atoms with van der Waals surface area (Å²) in [5, 5.41) is 5.50. The van der Waals surface area contributed by atoms with Crippen molar-refractivity contribution in [3.8, 4) is 0 Å².